The van der Waals surface area contributed by atoms with Gasteiger partial charge >= 0.3 is 18.3 Å². The van der Waals surface area contributed by atoms with Gasteiger partial charge in [-0.2, -0.15) is 26.3 Å². The molecule has 1 N–H and O–H groups in total. The molecule has 0 aromatic heterocycles. The molecule has 6 nitrogen and oxygen atoms in total. The summed E-state index contributed by atoms with van der Waals surface area (Å²) in [6.07, 6.45) is -8.41. The molecule has 2 aromatic carbocycles. The van der Waals surface area contributed by atoms with E-state index in [1.54, 1.807) is 38.1 Å². The minimum atomic E-state index is -4.64. The predicted molar refractivity (Wildman–Crippen MR) is 142 cm³/mol. The summed E-state index contributed by atoms with van der Waals surface area (Å²) in [5, 5.41) is 9.24. The van der Waals surface area contributed by atoms with Gasteiger partial charge in [-0.15, -0.1) is 0 Å². The summed E-state index contributed by atoms with van der Waals surface area (Å²) in [7, 11) is 0. The zero-order valence-electron chi connectivity index (χ0n) is 21.3. The first-order valence-electron chi connectivity index (χ1n) is 11.6. The lowest BCUT2D eigenvalue weighted by Crippen LogP contribution is -2.26. The molecule has 0 amide bonds. The van der Waals surface area contributed by atoms with Crippen molar-refractivity contribution < 1.29 is 55.2 Å². The SMILES string of the molecule is CCO[C@@H](Cc1ccc(OC/C=C(\C)C#Cc2cc(OCC(F)(F)F)cc(OCC(F)(F)F)c2)c(I)c1)C(=O)O. The Morgan fingerprint density at radius 1 is 1.00 bits per heavy atom. The van der Waals surface area contributed by atoms with E-state index >= 15 is 0 Å². The van der Waals surface area contributed by atoms with Gasteiger partial charge in [0.05, 0.1) is 3.57 Å². The molecule has 218 valence electrons. The molecule has 0 radical (unpaired) electrons. The van der Waals surface area contributed by atoms with Gasteiger partial charge in [0.2, 0.25) is 0 Å². The minimum Gasteiger partial charge on any atom is -0.488 e. The highest BCUT2D eigenvalue weighted by molar-refractivity contribution is 14.1. The van der Waals surface area contributed by atoms with Gasteiger partial charge in [0.15, 0.2) is 19.3 Å². The lowest BCUT2D eigenvalue weighted by atomic mass is 10.1. The second kappa shape index (κ2) is 15.0. The summed E-state index contributed by atoms with van der Waals surface area (Å²) in [5.74, 6) is 4.22. The molecule has 2 rings (SSSR count). The van der Waals surface area contributed by atoms with E-state index in [1.807, 2.05) is 0 Å². The number of aliphatic carboxylic acids is 1. The van der Waals surface area contributed by atoms with E-state index in [0.29, 0.717) is 11.3 Å². The molecule has 0 saturated heterocycles. The van der Waals surface area contributed by atoms with Gasteiger partial charge in [0.25, 0.3) is 0 Å². The van der Waals surface area contributed by atoms with Crippen LogP contribution in [0.1, 0.15) is 25.0 Å². The van der Waals surface area contributed by atoms with Gasteiger partial charge in [-0.3, -0.25) is 0 Å². The number of hydrogen-bond acceptors (Lipinski definition) is 5. The molecule has 0 saturated carbocycles. The smallest absolute Gasteiger partial charge is 0.422 e. The first-order chi connectivity index (χ1) is 18.6. The van der Waals surface area contributed by atoms with Crippen molar-refractivity contribution in [2.75, 3.05) is 26.4 Å². The maximum atomic E-state index is 12.5. The van der Waals surface area contributed by atoms with Crippen LogP contribution in [0.15, 0.2) is 48.0 Å². The molecule has 0 spiro atoms. The number of rotatable bonds is 12. The largest absolute Gasteiger partial charge is 0.488 e. The Labute approximate surface area is 240 Å². The molecule has 0 heterocycles. The van der Waals surface area contributed by atoms with Crippen LogP contribution in [-0.4, -0.2) is 56.0 Å². The van der Waals surface area contributed by atoms with Gasteiger partial charge in [-0.25, -0.2) is 4.79 Å². The topological polar surface area (TPSA) is 74.2 Å². The number of carboxylic acids is 1. The van der Waals surface area contributed by atoms with Crippen LogP contribution in [0.3, 0.4) is 0 Å². The van der Waals surface area contributed by atoms with Gasteiger partial charge in [0.1, 0.15) is 23.9 Å². The number of carboxylic acid groups (broad SMARTS) is 1. The summed E-state index contributed by atoms with van der Waals surface area (Å²) in [6, 6.07) is 8.46. The molecule has 0 bridgehead atoms. The molecule has 0 fully saturated rings. The highest BCUT2D eigenvalue weighted by atomic mass is 127. The van der Waals surface area contributed by atoms with E-state index < -0.39 is 37.6 Å². The quantitative estimate of drug-likeness (QED) is 0.155. The third-order valence-corrected chi connectivity index (χ3v) is 5.62. The third kappa shape index (κ3) is 12.8. The Morgan fingerprint density at radius 2 is 1.60 bits per heavy atom. The van der Waals surface area contributed by atoms with Gasteiger partial charge in [-0.1, -0.05) is 17.9 Å². The highest BCUT2D eigenvalue weighted by Gasteiger charge is 2.30. The average Bonchev–Trinajstić information content (AvgIpc) is 2.85. The van der Waals surface area contributed by atoms with Gasteiger partial charge in [0, 0.05) is 24.7 Å². The third-order valence-electron chi connectivity index (χ3n) is 4.78. The van der Waals surface area contributed by atoms with Crippen LogP contribution < -0.4 is 14.2 Å². The van der Waals surface area contributed by atoms with E-state index in [1.165, 1.54) is 0 Å². The summed E-state index contributed by atoms with van der Waals surface area (Å²) < 4.78 is 96.1. The predicted octanol–water partition coefficient (Wildman–Crippen LogP) is 6.58. The van der Waals surface area contributed by atoms with Crippen molar-refractivity contribution in [3.8, 4) is 29.1 Å². The molecule has 2 aromatic rings. The average molecular weight is 686 g/mol. The molecule has 0 aliphatic rings. The highest BCUT2D eigenvalue weighted by Crippen LogP contribution is 2.27. The lowest BCUT2D eigenvalue weighted by Gasteiger charge is -2.13. The van der Waals surface area contributed by atoms with E-state index in [0.717, 1.165) is 27.3 Å². The Hall–Kier alpha value is -3.12. The second-order valence-corrected chi connectivity index (χ2v) is 9.36. The van der Waals surface area contributed by atoms with Crippen molar-refractivity contribution in [3.05, 3.63) is 62.7 Å². The van der Waals surface area contributed by atoms with Crippen LogP contribution in [0.5, 0.6) is 17.2 Å². The maximum absolute atomic E-state index is 12.5. The van der Waals surface area contributed by atoms with Crippen molar-refractivity contribution in [2.45, 2.75) is 38.7 Å². The summed E-state index contributed by atoms with van der Waals surface area (Å²) >= 11 is 2.06. The molecular formula is C27H25F6IO6. The lowest BCUT2D eigenvalue weighted by molar-refractivity contribution is -0.154. The van der Waals surface area contributed by atoms with E-state index in [-0.39, 0.29) is 36.7 Å². The minimum absolute atomic E-state index is 0.0855. The van der Waals surface area contributed by atoms with E-state index in [9.17, 15) is 36.2 Å². The Morgan fingerprint density at radius 3 is 2.10 bits per heavy atom. The van der Waals surface area contributed by atoms with Crippen molar-refractivity contribution in [3.63, 3.8) is 0 Å². The van der Waals surface area contributed by atoms with Crippen LogP contribution in [0.2, 0.25) is 0 Å². The fourth-order valence-corrected chi connectivity index (χ4v) is 3.78. The zero-order valence-corrected chi connectivity index (χ0v) is 23.4. The zero-order chi connectivity index (χ0) is 29.9. The van der Waals surface area contributed by atoms with Crippen LogP contribution in [0, 0.1) is 15.4 Å². The maximum Gasteiger partial charge on any atom is 0.422 e. The molecule has 40 heavy (non-hydrogen) atoms. The fraction of sp³-hybridized carbons (Fsp3) is 0.370. The number of carbonyl (C=O) groups is 1. The summed E-state index contributed by atoms with van der Waals surface area (Å²) in [6.45, 7) is 0.478. The van der Waals surface area contributed by atoms with Crippen LogP contribution >= 0.6 is 22.6 Å². The Balaban J connectivity index is 2.09. The Bertz CT molecular complexity index is 1210. The molecule has 0 aliphatic heterocycles. The molecule has 1 atom stereocenters. The number of alkyl halides is 6. The van der Waals surface area contributed by atoms with E-state index in [4.69, 9.17) is 9.47 Å². The van der Waals surface area contributed by atoms with Crippen molar-refractivity contribution in [1.29, 1.82) is 0 Å². The Kier molecular flexibility index (Phi) is 12.4. The number of halogens is 7. The van der Waals surface area contributed by atoms with Crippen molar-refractivity contribution >= 4 is 28.6 Å². The van der Waals surface area contributed by atoms with Crippen molar-refractivity contribution in [2.24, 2.45) is 0 Å². The number of hydrogen-bond donors (Lipinski definition) is 1. The number of ether oxygens (including phenoxy) is 4. The van der Waals surface area contributed by atoms with Crippen molar-refractivity contribution in [1.82, 2.24) is 0 Å². The van der Waals surface area contributed by atoms with Gasteiger partial charge in [-0.05, 0) is 77.9 Å². The summed E-state index contributed by atoms with van der Waals surface area (Å²) in [4.78, 5) is 11.3. The normalized spacial score (nSPS) is 12.8. The van der Waals surface area contributed by atoms with Crippen LogP contribution in [0.4, 0.5) is 26.3 Å². The fourth-order valence-electron chi connectivity index (χ4n) is 3.04. The number of allylic oxidation sites excluding steroid dienone is 1. The molecular weight excluding hydrogens is 661 g/mol. The van der Waals surface area contributed by atoms with E-state index in [2.05, 4.69) is 43.9 Å². The first-order valence-corrected chi connectivity index (χ1v) is 12.7. The van der Waals surface area contributed by atoms with Crippen LogP contribution in [0.25, 0.3) is 0 Å². The van der Waals surface area contributed by atoms with Gasteiger partial charge < -0.3 is 24.1 Å². The molecule has 0 unspecified atom stereocenters. The number of benzene rings is 2. The standard InChI is InChI=1S/C27H25F6IO6/c1-3-37-24(25(35)36)13-19-6-7-23(22(34)12-19)38-9-8-17(2)4-5-18-10-20(39-15-26(28,29)30)14-21(11-18)40-16-27(31,32)33/h6-8,10-12,14,24H,3,9,13,15-16H2,1-2H3,(H,35,36)/b17-8+/t24-/m0/s1. The molecule has 13 heteroatoms. The summed E-state index contributed by atoms with van der Waals surface area (Å²) in [5.41, 5.74) is 1.37. The first kappa shape index (κ1) is 33.1. The molecule has 0 aliphatic carbocycles. The monoisotopic (exact) mass is 686 g/mol. The second-order valence-electron chi connectivity index (χ2n) is 8.20. The van der Waals surface area contributed by atoms with Crippen LogP contribution in [-0.2, 0) is 16.0 Å².